The largest absolute Gasteiger partial charge is 0.490 e. The zero-order valence-electron chi connectivity index (χ0n) is 11.8. The van der Waals surface area contributed by atoms with E-state index in [1.165, 1.54) is 0 Å². The van der Waals surface area contributed by atoms with Gasteiger partial charge in [0.15, 0.2) is 17.8 Å². The minimum Gasteiger partial charge on any atom is -0.490 e. The number of hydrogen-bond acceptors (Lipinski definition) is 5. The van der Waals surface area contributed by atoms with E-state index in [-0.39, 0.29) is 6.29 Å². The molecule has 1 N–H and O–H groups in total. The molecule has 0 aliphatic carbocycles. The maximum Gasteiger partial charge on any atom is 0.175 e. The molecule has 0 saturated carbocycles. The Morgan fingerprint density at radius 1 is 1.25 bits per heavy atom. The molecule has 1 aromatic carbocycles. The molecule has 1 aromatic rings. The third-order valence-corrected chi connectivity index (χ3v) is 3.62. The van der Waals surface area contributed by atoms with Crippen LogP contribution in [0.1, 0.15) is 12.0 Å². The van der Waals surface area contributed by atoms with Crippen LogP contribution >= 0.6 is 15.9 Å². The fourth-order valence-corrected chi connectivity index (χ4v) is 2.59. The van der Waals surface area contributed by atoms with Gasteiger partial charge < -0.3 is 24.3 Å². The predicted molar refractivity (Wildman–Crippen MR) is 79.3 cm³/mol. The predicted octanol–water partition coefficient (Wildman–Crippen LogP) is 2.32. The molecular weight excluding hydrogens is 326 g/mol. The molecule has 0 radical (unpaired) electrons. The first-order valence-corrected chi connectivity index (χ1v) is 7.38. The second kappa shape index (κ2) is 7.83. The molecule has 112 valence electrons. The molecule has 1 heterocycles. The number of ether oxygens (including phenoxy) is 4. The highest BCUT2D eigenvalue weighted by Gasteiger charge is 2.15. The Morgan fingerprint density at radius 2 is 2.00 bits per heavy atom. The zero-order valence-corrected chi connectivity index (χ0v) is 13.4. The normalized spacial score (nSPS) is 14.4. The Balaban J connectivity index is 1.99. The van der Waals surface area contributed by atoms with E-state index in [0.717, 1.165) is 28.0 Å². The summed E-state index contributed by atoms with van der Waals surface area (Å²) in [4.78, 5) is 0. The topological polar surface area (TPSA) is 49.0 Å². The molecule has 0 atom stereocenters. The average Bonchev–Trinajstić information content (AvgIpc) is 2.69. The SMILES string of the molecule is COC(CNCc1cc(Br)c2c(c1)OCCCO2)OC. The summed E-state index contributed by atoms with van der Waals surface area (Å²) in [6.07, 6.45) is 0.664. The van der Waals surface area contributed by atoms with Crippen LogP contribution in [0.4, 0.5) is 0 Å². The van der Waals surface area contributed by atoms with Crippen molar-refractivity contribution in [1.29, 1.82) is 0 Å². The summed E-state index contributed by atoms with van der Waals surface area (Å²) in [6, 6.07) is 4.04. The van der Waals surface area contributed by atoms with Crippen molar-refractivity contribution in [2.75, 3.05) is 34.0 Å². The van der Waals surface area contributed by atoms with E-state index in [4.69, 9.17) is 18.9 Å². The molecular formula is C14H20BrNO4. The lowest BCUT2D eigenvalue weighted by Crippen LogP contribution is -2.29. The number of rotatable bonds is 6. The summed E-state index contributed by atoms with van der Waals surface area (Å²) in [5.41, 5.74) is 1.12. The van der Waals surface area contributed by atoms with Crippen molar-refractivity contribution >= 4 is 15.9 Å². The van der Waals surface area contributed by atoms with E-state index in [0.29, 0.717) is 26.3 Å². The summed E-state index contributed by atoms with van der Waals surface area (Å²) in [5, 5.41) is 3.29. The molecule has 0 aromatic heterocycles. The Bertz CT molecular complexity index is 437. The summed E-state index contributed by atoms with van der Waals surface area (Å²) >= 11 is 3.53. The van der Waals surface area contributed by atoms with E-state index in [1.54, 1.807) is 14.2 Å². The number of nitrogens with one attached hydrogen (secondary N) is 1. The zero-order chi connectivity index (χ0) is 14.4. The van der Waals surface area contributed by atoms with Crippen LogP contribution in [0.25, 0.3) is 0 Å². The standard InChI is InChI=1S/C14H20BrNO4/c1-17-13(18-2)9-16-8-10-6-11(15)14-12(7-10)19-4-3-5-20-14/h6-7,13,16H,3-5,8-9H2,1-2H3. The van der Waals surface area contributed by atoms with Crippen LogP contribution in [0.15, 0.2) is 16.6 Å². The summed E-state index contributed by atoms with van der Waals surface area (Å²) in [6.45, 7) is 2.70. The van der Waals surface area contributed by atoms with E-state index >= 15 is 0 Å². The van der Waals surface area contributed by atoms with Crippen LogP contribution in [0, 0.1) is 0 Å². The van der Waals surface area contributed by atoms with Gasteiger partial charge in [-0.25, -0.2) is 0 Å². The molecule has 5 nitrogen and oxygen atoms in total. The van der Waals surface area contributed by atoms with Crippen LogP contribution in [-0.2, 0) is 16.0 Å². The fourth-order valence-electron chi connectivity index (χ4n) is 1.98. The number of hydrogen-bond donors (Lipinski definition) is 1. The third-order valence-electron chi connectivity index (χ3n) is 3.03. The molecule has 0 bridgehead atoms. The van der Waals surface area contributed by atoms with Crippen molar-refractivity contribution in [3.05, 3.63) is 22.2 Å². The fraction of sp³-hybridized carbons (Fsp3) is 0.571. The molecule has 0 saturated heterocycles. The van der Waals surface area contributed by atoms with Gasteiger partial charge in [-0.05, 0) is 33.6 Å². The van der Waals surface area contributed by atoms with Crippen LogP contribution in [0.2, 0.25) is 0 Å². The van der Waals surface area contributed by atoms with Crippen molar-refractivity contribution in [2.45, 2.75) is 19.3 Å². The molecule has 0 spiro atoms. The van der Waals surface area contributed by atoms with Gasteiger partial charge in [0.05, 0.1) is 17.7 Å². The van der Waals surface area contributed by atoms with E-state index < -0.39 is 0 Å². The number of benzene rings is 1. The smallest absolute Gasteiger partial charge is 0.175 e. The molecule has 1 aliphatic heterocycles. The second-order valence-electron chi connectivity index (χ2n) is 4.49. The highest BCUT2D eigenvalue weighted by Crippen LogP contribution is 2.38. The van der Waals surface area contributed by atoms with Crippen molar-refractivity contribution in [1.82, 2.24) is 5.32 Å². The van der Waals surface area contributed by atoms with Crippen LogP contribution in [0.5, 0.6) is 11.5 Å². The van der Waals surface area contributed by atoms with Crippen LogP contribution in [0.3, 0.4) is 0 Å². The van der Waals surface area contributed by atoms with Crippen LogP contribution in [-0.4, -0.2) is 40.3 Å². The molecule has 0 fully saturated rings. The molecule has 2 rings (SSSR count). The van der Waals surface area contributed by atoms with Gasteiger partial charge in [-0.2, -0.15) is 0 Å². The van der Waals surface area contributed by atoms with Gasteiger partial charge in [0.1, 0.15) is 0 Å². The Labute approximate surface area is 127 Å². The van der Waals surface area contributed by atoms with Gasteiger partial charge in [-0.3, -0.25) is 0 Å². The molecule has 6 heteroatoms. The lowest BCUT2D eigenvalue weighted by molar-refractivity contribution is -0.0989. The van der Waals surface area contributed by atoms with E-state index in [1.807, 2.05) is 12.1 Å². The van der Waals surface area contributed by atoms with Crippen LogP contribution < -0.4 is 14.8 Å². The Kier molecular flexibility index (Phi) is 6.09. The summed E-state index contributed by atoms with van der Waals surface area (Å²) in [5.74, 6) is 1.58. The van der Waals surface area contributed by atoms with Gasteiger partial charge in [0, 0.05) is 33.7 Å². The van der Waals surface area contributed by atoms with Gasteiger partial charge in [0.25, 0.3) is 0 Å². The quantitative estimate of drug-likeness (QED) is 0.802. The molecule has 0 amide bonds. The third kappa shape index (κ3) is 4.09. The maximum atomic E-state index is 5.71. The molecule has 1 aliphatic rings. The maximum absolute atomic E-state index is 5.71. The highest BCUT2D eigenvalue weighted by molar-refractivity contribution is 9.10. The minimum absolute atomic E-state index is 0.237. The van der Waals surface area contributed by atoms with Gasteiger partial charge in [0.2, 0.25) is 0 Å². The Hall–Kier alpha value is -0.820. The van der Waals surface area contributed by atoms with Gasteiger partial charge in [-0.15, -0.1) is 0 Å². The lowest BCUT2D eigenvalue weighted by Gasteiger charge is -2.15. The van der Waals surface area contributed by atoms with Crippen molar-refractivity contribution < 1.29 is 18.9 Å². The first-order valence-electron chi connectivity index (χ1n) is 6.59. The average molecular weight is 346 g/mol. The summed E-state index contributed by atoms with van der Waals surface area (Å²) < 4.78 is 22.6. The monoisotopic (exact) mass is 345 g/mol. The Morgan fingerprint density at radius 3 is 2.75 bits per heavy atom. The molecule has 20 heavy (non-hydrogen) atoms. The van der Waals surface area contributed by atoms with Crippen molar-refractivity contribution in [2.24, 2.45) is 0 Å². The van der Waals surface area contributed by atoms with E-state index in [2.05, 4.69) is 21.2 Å². The van der Waals surface area contributed by atoms with E-state index in [9.17, 15) is 0 Å². The van der Waals surface area contributed by atoms with Crippen molar-refractivity contribution in [3.63, 3.8) is 0 Å². The second-order valence-corrected chi connectivity index (χ2v) is 5.34. The van der Waals surface area contributed by atoms with Crippen molar-refractivity contribution in [3.8, 4) is 11.5 Å². The number of methoxy groups -OCH3 is 2. The first kappa shape index (κ1) is 15.6. The molecule has 0 unspecified atom stereocenters. The number of halogens is 1. The van der Waals surface area contributed by atoms with Gasteiger partial charge >= 0.3 is 0 Å². The van der Waals surface area contributed by atoms with Gasteiger partial charge in [-0.1, -0.05) is 0 Å². The summed E-state index contributed by atoms with van der Waals surface area (Å²) in [7, 11) is 3.25. The lowest BCUT2D eigenvalue weighted by atomic mass is 10.2. The minimum atomic E-state index is -0.237. The highest BCUT2D eigenvalue weighted by atomic mass is 79.9. The number of fused-ring (bicyclic) bond motifs is 1. The first-order chi connectivity index (χ1) is 9.74.